The van der Waals surface area contributed by atoms with Crippen molar-refractivity contribution in [3.05, 3.63) is 58.4 Å². The van der Waals surface area contributed by atoms with Gasteiger partial charge in [0.2, 0.25) is 0 Å². The summed E-state index contributed by atoms with van der Waals surface area (Å²) in [5.74, 6) is -7.07. The van der Waals surface area contributed by atoms with E-state index in [1.807, 2.05) is 5.32 Å². The van der Waals surface area contributed by atoms with Crippen LogP contribution in [0.1, 0.15) is 0 Å². The fraction of sp³-hybridized carbons (Fsp3) is 0. The van der Waals surface area contributed by atoms with Gasteiger partial charge in [0.25, 0.3) is 0 Å². The van der Waals surface area contributed by atoms with E-state index in [0.717, 1.165) is 6.07 Å². The second-order valence-corrected chi connectivity index (χ2v) is 4.87. The zero-order valence-electron chi connectivity index (χ0n) is 10.5. The van der Waals surface area contributed by atoms with Crippen molar-refractivity contribution in [1.29, 1.82) is 0 Å². The minimum absolute atomic E-state index is 0.0755. The highest BCUT2D eigenvalue weighted by Crippen LogP contribution is 2.25. The summed E-state index contributed by atoms with van der Waals surface area (Å²) in [7, 11) is 0. The summed E-state index contributed by atoms with van der Waals surface area (Å²) in [5, 5.41) is 3.86. The minimum Gasteiger partial charge on any atom is -0.332 e. The maximum atomic E-state index is 13.5. The van der Waals surface area contributed by atoms with Gasteiger partial charge in [0.15, 0.2) is 28.4 Å². The van der Waals surface area contributed by atoms with Gasteiger partial charge >= 0.3 is 0 Å². The molecule has 0 aromatic heterocycles. The van der Waals surface area contributed by atoms with Crippen LogP contribution in [0, 0.1) is 29.1 Å². The highest BCUT2D eigenvalue weighted by atomic mass is 35.5. The molecule has 0 saturated carbocycles. The molecule has 0 aliphatic heterocycles. The molecule has 0 atom stereocenters. The van der Waals surface area contributed by atoms with E-state index >= 15 is 0 Å². The number of anilines is 2. The molecule has 0 bridgehead atoms. The van der Waals surface area contributed by atoms with Crippen molar-refractivity contribution in [2.24, 2.45) is 0 Å². The molecule has 22 heavy (non-hydrogen) atoms. The number of nitrogens with one attached hydrogen (secondary N) is 2. The Hall–Kier alpha value is -1.93. The molecular weight excluding hydrogens is 347 g/mol. The van der Waals surface area contributed by atoms with Gasteiger partial charge in [-0.1, -0.05) is 11.6 Å². The highest BCUT2D eigenvalue weighted by molar-refractivity contribution is 7.80. The van der Waals surface area contributed by atoms with Crippen LogP contribution in [0.25, 0.3) is 0 Å². The average Bonchev–Trinajstić information content (AvgIpc) is 2.45. The summed E-state index contributed by atoms with van der Waals surface area (Å²) >= 11 is 10.3. The molecule has 0 fully saturated rings. The first kappa shape index (κ1) is 16.4. The van der Waals surface area contributed by atoms with Gasteiger partial charge in [-0.15, -0.1) is 0 Å². The molecule has 0 radical (unpaired) electrons. The third kappa shape index (κ3) is 3.45. The fourth-order valence-corrected chi connectivity index (χ4v) is 1.93. The van der Waals surface area contributed by atoms with E-state index < -0.39 is 34.8 Å². The Labute approximate surface area is 131 Å². The minimum atomic E-state index is -1.62. The molecule has 116 valence electrons. The Balaban J connectivity index is 2.21. The number of halogens is 6. The van der Waals surface area contributed by atoms with E-state index in [1.165, 1.54) is 12.1 Å². The number of hydrogen-bond donors (Lipinski definition) is 2. The van der Waals surface area contributed by atoms with Gasteiger partial charge in [0.05, 0.1) is 5.02 Å². The van der Waals surface area contributed by atoms with Crippen molar-refractivity contribution in [3.8, 4) is 0 Å². The Bertz CT molecular complexity index is 727. The van der Waals surface area contributed by atoms with E-state index in [9.17, 15) is 22.0 Å². The van der Waals surface area contributed by atoms with Crippen LogP contribution in [0.5, 0.6) is 0 Å². The fourth-order valence-electron chi connectivity index (χ4n) is 1.53. The highest BCUT2D eigenvalue weighted by Gasteiger charge is 2.20. The predicted molar refractivity (Wildman–Crippen MR) is 77.5 cm³/mol. The molecule has 0 aliphatic rings. The lowest BCUT2D eigenvalue weighted by Gasteiger charge is -2.13. The second kappa shape index (κ2) is 6.45. The van der Waals surface area contributed by atoms with Crippen LogP contribution in [0.15, 0.2) is 24.3 Å². The first-order chi connectivity index (χ1) is 10.3. The van der Waals surface area contributed by atoms with Crippen LogP contribution in [-0.4, -0.2) is 5.11 Å². The standard InChI is InChI=1S/C13H6ClF5N2S/c14-6-3-5(1-2-7(6)15)20-13(22)21-12-10(18)8(16)4-9(17)11(12)19/h1-4H,(H2,20,21,22). The third-order valence-corrected chi connectivity index (χ3v) is 3.02. The normalized spacial score (nSPS) is 10.5. The predicted octanol–water partition coefficient (Wildman–Crippen LogP) is 4.84. The molecule has 0 aliphatic carbocycles. The molecule has 9 heteroatoms. The smallest absolute Gasteiger partial charge is 0.185 e. The van der Waals surface area contributed by atoms with E-state index in [-0.39, 0.29) is 21.9 Å². The lowest BCUT2D eigenvalue weighted by molar-refractivity contribution is 0.459. The van der Waals surface area contributed by atoms with Crippen LogP contribution >= 0.6 is 23.8 Å². The van der Waals surface area contributed by atoms with Gasteiger partial charge in [-0.05, 0) is 30.4 Å². The maximum Gasteiger partial charge on any atom is 0.185 e. The quantitative estimate of drug-likeness (QED) is 0.459. The molecule has 2 nitrogen and oxygen atoms in total. The van der Waals surface area contributed by atoms with E-state index in [2.05, 4.69) is 5.32 Å². The molecule has 2 aromatic carbocycles. The Kier molecular flexibility index (Phi) is 4.82. The van der Waals surface area contributed by atoms with Gasteiger partial charge in [0.1, 0.15) is 11.5 Å². The summed E-state index contributed by atoms with van der Waals surface area (Å²) in [5.41, 5.74) is -0.871. The lowest BCUT2D eigenvalue weighted by Crippen LogP contribution is -2.21. The van der Waals surface area contributed by atoms with Crippen molar-refractivity contribution >= 4 is 40.3 Å². The van der Waals surface area contributed by atoms with Gasteiger partial charge in [-0.3, -0.25) is 0 Å². The van der Waals surface area contributed by atoms with Crippen molar-refractivity contribution in [1.82, 2.24) is 0 Å². The van der Waals surface area contributed by atoms with Gasteiger partial charge in [0, 0.05) is 11.8 Å². The monoisotopic (exact) mass is 352 g/mol. The van der Waals surface area contributed by atoms with Crippen LogP contribution in [0.2, 0.25) is 5.02 Å². The summed E-state index contributed by atoms with van der Waals surface area (Å²) in [6, 6.07) is 3.54. The van der Waals surface area contributed by atoms with E-state index in [0.29, 0.717) is 0 Å². The van der Waals surface area contributed by atoms with Crippen LogP contribution in [-0.2, 0) is 0 Å². The molecule has 0 saturated heterocycles. The summed E-state index contributed by atoms with van der Waals surface area (Å²) in [4.78, 5) is 0. The SMILES string of the molecule is Fc1ccc(NC(=S)Nc2c(F)c(F)cc(F)c2F)cc1Cl. The summed E-state index contributed by atoms with van der Waals surface area (Å²) in [6.07, 6.45) is 0. The molecule has 0 amide bonds. The molecule has 0 spiro atoms. The van der Waals surface area contributed by atoms with Crippen molar-refractivity contribution in [3.63, 3.8) is 0 Å². The zero-order chi connectivity index (χ0) is 16.4. The summed E-state index contributed by atoms with van der Waals surface area (Å²) < 4.78 is 66.0. The van der Waals surface area contributed by atoms with E-state index in [1.54, 1.807) is 0 Å². The third-order valence-electron chi connectivity index (χ3n) is 2.53. The van der Waals surface area contributed by atoms with Gasteiger partial charge in [-0.25, -0.2) is 22.0 Å². The number of thiocarbonyl (C=S) groups is 1. The molecular formula is C13H6ClF5N2S. The summed E-state index contributed by atoms with van der Waals surface area (Å²) in [6.45, 7) is 0. The van der Waals surface area contributed by atoms with Gasteiger partial charge in [-0.2, -0.15) is 0 Å². The molecule has 0 heterocycles. The Morgan fingerprint density at radius 2 is 1.45 bits per heavy atom. The largest absolute Gasteiger partial charge is 0.332 e. The lowest BCUT2D eigenvalue weighted by atomic mass is 10.2. The average molecular weight is 353 g/mol. The molecule has 2 rings (SSSR count). The van der Waals surface area contributed by atoms with Crippen LogP contribution in [0.3, 0.4) is 0 Å². The molecule has 2 N–H and O–H groups in total. The number of hydrogen-bond acceptors (Lipinski definition) is 1. The maximum absolute atomic E-state index is 13.5. The zero-order valence-corrected chi connectivity index (χ0v) is 12.1. The van der Waals surface area contributed by atoms with Crippen molar-refractivity contribution in [2.45, 2.75) is 0 Å². The van der Waals surface area contributed by atoms with Crippen LogP contribution in [0.4, 0.5) is 33.3 Å². The molecule has 0 unspecified atom stereocenters. The number of rotatable bonds is 2. The topological polar surface area (TPSA) is 24.1 Å². The first-order valence-corrected chi connectivity index (χ1v) is 6.44. The van der Waals surface area contributed by atoms with Crippen LogP contribution < -0.4 is 10.6 Å². The Morgan fingerprint density at radius 1 is 0.864 bits per heavy atom. The second-order valence-electron chi connectivity index (χ2n) is 4.05. The van der Waals surface area contributed by atoms with Crippen molar-refractivity contribution in [2.75, 3.05) is 10.6 Å². The first-order valence-electron chi connectivity index (χ1n) is 5.65. The van der Waals surface area contributed by atoms with Gasteiger partial charge < -0.3 is 10.6 Å². The Morgan fingerprint density at radius 3 is 2.00 bits per heavy atom. The number of benzene rings is 2. The van der Waals surface area contributed by atoms with Crippen molar-refractivity contribution < 1.29 is 22.0 Å². The van der Waals surface area contributed by atoms with E-state index in [4.69, 9.17) is 23.8 Å². The molecule has 2 aromatic rings.